The SMILES string of the molecule is CC1(C)Cc2occc2C(NC(CO)c2ccco2)C1. The van der Waals surface area contributed by atoms with Crippen molar-refractivity contribution in [1.82, 2.24) is 5.32 Å². The van der Waals surface area contributed by atoms with Gasteiger partial charge in [0.05, 0.1) is 25.2 Å². The summed E-state index contributed by atoms with van der Waals surface area (Å²) in [6, 6.07) is 5.74. The molecule has 2 heterocycles. The molecule has 4 nitrogen and oxygen atoms in total. The lowest BCUT2D eigenvalue weighted by Gasteiger charge is -2.36. The molecule has 108 valence electrons. The summed E-state index contributed by atoms with van der Waals surface area (Å²) in [6.45, 7) is 4.50. The molecule has 2 atom stereocenters. The number of hydrogen-bond donors (Lipinski definition) is 2. The number of hydrogen-bond acceptors (Lipinski definition) is 4. The molecule has 0 fully saturated rings. The molecule has 20 heavy (non-hydrogen) atoms. The Bertz CT molecular complexity index is 556. The number of rotatable bonds is 4. The summed E-state index contributed by atoms with van der Waals surface area (Å²) in [5.41, 5.74) is 1.39. The lowest BCUT2D eigenvalue weighted by atomic mass is 9.74. The summed E-state index contributed by atoms with van der Waals surface area (Å²) in [4.78, 5) is 0. The minimum atomic E-state index is -0.188. The van der Waals surface area contributed by atoms with Crippen molar-refractivity contribution < 1.29 is 13.9 Å². The maximum atomic E-state index is 9.61. The van der Waals surface area contributed by atoms with Crippen LogP contribution >= 0.6 is 0 Å². The van der Waals surface area contributed by atoms with E-state index in [4.69, 9.17) is 8.83 Å². The molecule has 4 heteroatoms. The number of furan rings is 2. The van der Waals surface area contributed by atoms with Crippen molar-refractivity contribution in [3.63, 3.8) is 0 Å². The third-order valence-electron chi connectivity index (χ3n) is 4.02. The highest BCUT2D eigenvalue weighted by Crippen LogP contribution is 2.42. The van der Waals surface area contributed by atoms with E-state index < -0.39 is 0 Å². The quantitative estimate of drug-likeness (QED) is 0.899. The van der Waals surface area contributed by atoms with Crippen molar-refractivity contribution in [3.8, 4) is 0 Å². The molecule has 2 aromatic rings. The van der Waals surface area contributed by atoms with Crippen LogP contribution < -0.4 is 5.32 Å². The van der Waals surface area contributed by atoms with E-state index in [1.807, 2.05) is 18.2 Å². The molecule has 0 spiro atoms. The zero-order valence-corrected chi connectivity index (χ0v) is 11.9. The minimum Gasteiger partial charge on any atom is -0.469 e. The molecule has 3 rings (SSSR count). The zero-order valence-electron chi connectivity index (χ0n) is 11.9. The first kappa shape index (κ1) is 13.5. The molecule has 2 aromatic heterocycles. The van der Waals surface area contributed by atoms with Gasteiger partial charge in [0.25, 0.3) is 0 Å². The summed E-state index contributed by atoms with van der Waals surface area (Å²) in [6.07, 6.45) is 5.35. The molecular formula is C16H21NO3. The van der Waals surface area contributed by atoms with Crippen LogP contribution in [0.4, 0.5) is 0 Å². The Morgan fingerprint density at radius 1 is 1.35 bits per heavy atom. The molecule has 0 bridgehead atoms. The lowest BCUT2D eigenvalue weighted by Crippen LogP contribution is -2.35. The molecule has 1 aliphatic rings. The highest BCUT2D eigenvalue weighted by molar-refractivity contribution is 5.26. The summed E-state index contributed by atoms with van der Waals surface area (Å²) >= 11 is 0. The van der Waals surface area contributed by atoms with Gasteiger partial charge in [-0.05, 0) is 30.0 Å². The maximum Gasteiger partial charge on any atom is 0.123 e. The molecule has 0 saturated heterocycles. The highest BCUT2D eigenvalue weighted by atomic mass is 16.3. The van der Waals surface area contributed by atoms with Crippen LogP contribution in [0.25, 0.3) is 0 Å². The summed E-state index contributed by atoms with van der Waals surface area (Å²) in [7, 11) is 0. The van der Waals surface area contributed by atoms with Crippen LogP contribution in [-0.4, -0.2) is 11.7 Å². The van der Waals surface area contributed by atoms with E-state index in [1.165, 1.54) is 5.56 Å². The van der Waals surface area contributed by atoms with Crippen LogP contribution in [0.2, 0.25) is 0 Å². The largest absolute Gasteiger partial charge is 0.469 e. The molecule has 2 unspecified atom stereocenters. The van der Waals surface area contributed by atoms with Gasteiger partial charge in [-0.3, -0.25) is 5.32 Å². The molecule has 0 aromatic carbocycles. The van der Waals surface area contributed by atoms with Gasteiger partial charge in [0, 0.05) is 18.0 Å². The van der Waals surface area contributed by atoms with Crippen LogP contribution in [-0.2, 0) is 6.42 Å². The second kappa shape index (κ2) is 5.11. The fraction of sp³-hybridized carbons (Fsp3) is 0.500. The third kappa shape index (κ3) is 2.53. The Hall–Kier alpha value is -1.52. The Labute approximate surface area is 118 Å². The van der Waals surface area contributed by atoms with Crippen molar-refractivity contribution in [1.29, 1.82) is 0 Å². The molecule has 1 aliphatic carbocycles. The van der Waals surface area contributed by atoms with Crippen LogP contribution in [0.1, 0.15) is 49.4 Å². The third-order valence-corrected chi connectivity index (χ3v) is 4.02. The molecule has 2 N–H and O–H groups in total. The Morgan fingerprint density at radius 2 is 2.20 bits per heavy atom. The van der Waals surface area contributed by atoms with Crippen molar-refractivity contribution >= 4 is 0 Å². The lowest BCUT2D eigenvalue weighted by molar-refractivity contribution is 0.180. The van der Waals surface area contributed by atoms with E-state index in [0.29, 0.717) is 0 Å². The van der Waals surface area contributed by atoms with E-state index in [9.17, 15) is 5.11 Å². The summed E-state index contributed by atoms with van der Waals surface area (Å²) in [5, 5.41) is 13.1. The number of aliphatic hydroxyl groups excluding tert-OH is 1. The molecule has 0 radical (unpaired) electrons. The Kier molecular flexibility index (Phi) is 3.44. The van der Waals surface area contributed by atoms with E-state index in [0.717, 1.165) is 24.4 Å². The van der Waals surface area contributed by atoms with Crippen molar-refractivity contribution in [2.45, 2.75) is 38.8 Å². The molecule has 0 saturated carbocycles. The number of fused-ring (bicyclic) bond motifs is 1. The first-order valence-electron chi connectivity index (χ1n) is 7.06. The topological polar surface area (TPSA) is 58.5 Å². The molecule has 0 amide bonds. The maximum absolute atomic E-state index is 9.61. The molecular weight excluding hydrogens is 254 g/mol. The van der Waals surface area contributed by atoms with Crippen LogP contribution in [0.15, 0.2) is 39.6 Å². The van der Waals surface area contributed by atoms with Gasteiger partial charge in [-0.15, -0.1) is 0 Å². The minimum absolute atomic E-state index is 0.0115. The van der Waals surface area contributed by atoms with Crippen LogP contribution in [0.3, 0.4) is 0 Å². The van der Waals surface area contributed by atoms with Crippen LogP contribution in [0, 0.1) is 5.41 Å². The second-order valence-electron chi connectivity index (χ2n) is 6.31. The van der Waals surface area contributed by atoms with E-state index in [2.05, 4.69) is 19.2 Å². The molecule has 0 aliphatic heterocycles. The smallest absolute Gasteiger partial charge is 0.123 e. The average Bonchev–Trinajstić information content (AvgIpc) is 3.04. The fourth-order valence-electron chi connectivity index (χ4n) is 3.08. The van der Waals surface area contributed by atoms with Gasteiger partial charge in [-0.1, -0.05) is 13.8 Å². The average molecular weight is 275 g/mol. The Morgan fingerprint density at radius 3 is 2.90 bits per heavy atom. The van der Waals surface area contributed by atoms with Crippen LogP contribution in [0.5, 0.6) is 0 Å². The van der Waals surface area contributed by atoms with E-state index in [-0.39, 0.29) is 24.1 Å². The first-order chi connectivity index (χ1) is 9.59. The number of nitrogens with one attached hydrogen (secondary N) is 1. The number of aliphatic hydroxyl groups is 1. The monoisotopic (exact) mass is 275 g/mol. The van der Waals surface area contributed by atoms with Gasteiger partial charge in [-0.2, -0.15) is 0 Å². The van der Waals surface area contributed by atoms with Crippen molar-refractivity contribution in [3.05, 3.63) is 47.8 Å². The normalized spacial score (nSPS) is 22.4. The zero-order chi connectivity index (χ0) is 14.2. The van der Waals surface area contributed by atoms with Crippen molar-refractivity contribution in [2.24, 2.45) is 5.41 Å². The van der Waals surface area contributed by atoms with Crippen molar-refractivity contribution in [2.75, 3.05) is 6.61 Å². The second-order valence-corrected chi connectivity index (χ2v) is 6.31. The first-order valence-corrected chi connectivity index (χ1v) is 7.06. The Balaban J connectivity index is 1.83. The predicted octanol–water partition coefficient (Wildman–Crippen LogP) is 3.21. The van der Waals surface area contributed by atoms with Gasteiger partial charge < -0.3 is 13.9 Å². The standard InChI is InChI=1S/C16H21NO3/c1-16(2)8-12(11-5-7-20-15(11)9-16)17-13(10-18)14-4-3-6-19-14/h3-7,12-13,17-18H,8-10H2,1-2H3. The summed E-state index contributed by atoms with van der Waals surface area (Å²) in [5.74, 6) is 1.82. The van der Waals surface area contributed by atoms with Gasteiger partial charge in [-0.25, -0.2) is 0 Å². The summed E-state index contributed by atoms with van der Waals surface area (Å²) < 4.78 is 11.0. The fourth-order valence-corrected chi connectivity index (χ4v) is 3.08. The van der Waals surface area contributed by atoms with E-state index >= 15 is 0 Å². The highest BCUT2D eigenvalue weighted by Gasteiger charge is 2.35. The van der Waals surface area contributed by atoms with E-state index in [1.54, 1.807) is 12.5 Å². The van der Waals surface area contributed by atoms with Gasteiger partial charge >= 0.3 is 0 Å². The van der Waals surface area contributed by atoms with Gasteiger partial charge in [0.1, 0.15) is 11.5 Å². The van der Waals surface area contributed by atoms with Gasteiger partial charge in [0.15, 0.2) is 0 Å². The van der Waals surface area contributed by atoms with Gasteiger partial charge in [0.2, 0.25) is 0 Å². The predicted molar refractivity (Wildman–Crippen MR) is 75.2 cm³/mol.